The number of pyridine rings is 1. The highest BCUT2D eigenvalue weighted by Gasteiger charge is 2.10. The van der Waals surface area contributed by atoms with Gasteiger partial charge >= 0.3 is 0 Å². The minimum atomic E-state index is -0.371. The summed E-state index contributed by atoms with van der Waals surface area (Å²) in [4.78, 5) is 13.3. The number of hydrogen-bond acceptors (Lipinski definition) is 4. The highest BCUT2D eigenvalue weighted by molar-refractivity contribution is 14.1. The van der Waals surface area contributed by atoms with Crippen LogP contribution < -0.4 is 17.0 Å². The zero-order chi connectivity index (χ0) is 9.30. The lowest BCUT2D eigenvalue weighted by Gasteiger charge is -2.01. The van der Waals surface area contributed by atoms with Gasteiger partial charge in [-0.2, -0.15) is 5.26 Å². The third kappa shape index (κ3) is 1.23. The summed E-state index contributed by atoms with van der Waals surface area (Å²) < 4.78 is 0.290. The molecule has 5 nitrogen and oxygen atoms in total. The van der Waals surface area contributed by atoms with Crippen LogP contribution in [-0.4, -0.2) is 4.98 Å². The number of nitrogens with one attached hydrogen (secondary N) is 1. The third-order valence-corrected chi connectivity index (χ3v) is 2.41. The van der Waals surface area contributed by atoms with Gasteiger partial charge in [-0.05, 0) is 22.6 Å². The minimum absolute atomic E-state index is 0.0143. The molecular weight excluding hydrogens is 271 g/mol. The lowest BCUT2D eigenvalue weighted by molar-refractivity contribution is 1.21. The van der Waals surface area contributed by atoms with Gasteiger partial charge in [-0.3, -0.25) is 4.79 Å². The van der Waals surface area contributed by atoms with Gasteiger partial charge in [0.05, 0.1) is 5.69 Å². The van der Waals surface area contributed by atoms with Crippen LogP contribution >= 0.6 is 22.6 Å². The molecule has 12 heavy (non-hydrogen) atoms. The molecule has 1 aromatic heterocycles. The van der Waals surface area contributed by atoms with Crippen molar-refractivity contribution in [3.05, 3.63) is 19.5 Å². The molecule has 5 N–H and O–H groups in total. The Kier molecular flexibility index (Phi) is 2.23. The number of nitrogen functional groups attached to an aromatic ring is 2. The number of aromatic nitrogens is 1. The Morgan fingerprint density at radius 3 is 2.58 bits per heavy atom. The minimum Gasteiger partial charge on any atom is -0.397 e. The summed E-state index contributed by atoms with van der Waals surface area (Å²) in [5.41, 5.74) is 10.7. The number of aromatic amines is 1. The van der Waals surface area contributed by atoms with Crippen LogP contribution in [0.15, 0.2) is 4.79 Å². The fourth-order valence-corrected chi connectivity index (χ4v) is 1.14. The predicted molar refractivity (Wildman–Crippen MR) is 53.3 cm³/mol. The lowest BCUT2D eigenvalue weighted by Crippen LogP contribution is -2.16. The third-order valence-electron chi connectivity index (χ3n) is 1.33. The van der Waals surface area contributed by atoms with Gasteiger partial charge in [-0.25, -0.2) is 0 Å². The van der Waals surface area contributed by atoms with Gasteiger partial charge in [-0.1, -0.05) is 0 Å². The highest BCUT2D eigenvalue weighted by atomic mass is 127. The van der Waals surface area contributed by atoms with Crippen molar-refractivity contribution in [3.8, 4) is 6.07 Å². The van der Waals surface area contributed by atoms with Crippen molar-refractivity contribution >= 4 is 34.1 Å². The van der Waals surface area contributed by atoms with Crippen molar-refractivity contribution in [3.63, 3.8) is 0 Å². The molecule has 0 bridgehead atoms. The van der Waals surface area contributed by atoms with Crippen LogP contribution in [0.25, 0.3) is 0 Å². The SMILES string of the molecule is N#Cc1c(N)[nH]c(=O)c(I)c1N. The van der Waals surface area contributed by atoms with Crippen molar-refractivity contribution < 1.29 is 0 Å². The molecule has 1 heterocycles. The molecule has 0 spiro atoms. The Bertz CT molecular complexity index is 417. The fourth-order valence-electron chi connectivity index (χ4n) is 0.737. The second-order valence-corrected chi connectivity index (χ2v) is 3.16. The molecular formula is C6H5IN4O. The van der Waals surface area contributed by atoms with Gasteiger partial charge < -0.3 is 16.5 Å². The molecule has 0 aromatic carbocycles. The maximum absolute atomic E-state index is 11.0. The Morgan fingerprint density at radius 1 is 1.50 bits per heavy atom. The second kappa shape index (κ2) is 3.02. The molecule has 62 valence electrons. The summed E-state index contributed by atoms with van der Waals surface area (Å²) >= 11 is 1.76. The van der Waals surface area contributed by atoms with Gasteiger partial charge in [0, 0.05) is 0 Å². The molecule has 0 aliphatic rings. The first-order valence-corrected chi connectivity index (χ1v) is 4.02. The molecule has 0 saturated carbocycles. The summed E-state index contributed by atoms with van der Waals surface area (Å²) in [7, 11) is 0. The van der Waals surface area contributed by atoms with E-state index in [1.807, 2.05) is 0 Å². The number of nitrogens with two attached hydrogens (primary N) is 2. The number of halogens is 1. The predicted octanol–water partition coefficient (Wildman–Crippen LogP) is 0.0156. The zero-order valence-electron chi connectivity index (χ0n) is 5.89. The van der Waals surface area contributed by atoms with Crippen molar-refractivity contribution in [1.82, 2.24) is 4.98 Å². The summed E-state index contributed by atoms with van der Waals surface area (Å²) in [6, 6.07) is 1.81. The van der Waals surface area contributed by atoms with E-state index < -0.39 is 0 Å². The first-order chi connectivity index (χ1) is 5.57. The molecule has 0 fully saturated rings. The quantitative estimate of drug-likeness (QED) is 0.580. The summed E-state index contributed by atoms with van der Waals surface area (Å²) in [6.07, 6.45) is 0. The van der Waals surface area contributed by atoms with Crippen molar-refractivity contribution in [1.29, 1.82) is 5.26 Å². The summed E-state index contributed by atoms with van der Waals surface area (Å²) in [6.45, 7) is 0. The second-order valence-electron chi connectivity index (χ2n) is 2.08. The number of anilines is 2. The molecule has 0 radical (unpaired) electrons. The largest absolute Gasteiger partial charge is 0.397 e. The smallest absolute Gasteiger partial charge is 0.265 e. The van der Waals surface area contributed by atoms with E-state index in [4.69, 9.17) is 16.7 Å². The van der Waals surface area contributed by atoms with E-state index >= 15 is 0 Å². The number of nitrogens with zero attached hydrogens (tertiary/aromatic N) is 1. The molecule has 0 aliphatic carbocycles. The average Bonchev–Trinajstić information content (AvgIpc) is 2.01. The molecule has 0 unspecified atom stereocenters. The van der Waals surface area contributed by atoms with E-state index in [1.165, 1.54) is 0 Å². The number of hydrogen-bond donors (Lipinski definition) is 3. The van der Waals surface area contributed by atoms with Crippen LogP contribution in [0.1, 0.15) is 5.56 Å². The first kappa shape index (κ1) is 8.86. The lowest BCUT2D eigenvalue weighted by atomic mass is 10.2. The van der Waals surface area contributed by atoms with Crippen LogP contribution in [0.3, 0.4) is 0 Å². The van der Waals surface area contributed by atoms with Crippen molar-refractivity contribution in [2.45, 2.75) is 0 Å². The standard InChI is InChI=1S/C6H5IN4O/c7-3-4(9)2(1-8)5(10)11-6(3)12/h(H5,9,10,11,12). The Morgan fingerprint density at radius 2 is 2.08 bits per heavy atom. The van der Waals surface area contributed by atoms with E-state index in [0.717, 1.165) is 0 Å². The number of H-pyrrole nitrogens is 1. The maximum atomic E-state index is 11.0. The van der Waals surface area contributed by atoms with Crippen LogP contribution in [-0.2, 0) is 0 Å². The Labute approximate surface area is 81.5 Å². The van der Waals surface area contributed by atoms with E-state index in [2.05, 4.69) is 4.98 Å². The average molecular weight is 276 g/mol. The number of nitriles is 1. The van der Waals surface area contributed by atoms with Gasteiger partial charge in [0.1, 0.15) is 21.0 Å². The Balaban J connectivity index is 3.66. The van der Waals surface area contributed by atoms with Gasteiger partial charge in [0.15, 0.2) is 0 Å². The molecule has 0 saturated heterocycles. The van der Waals surface area contributed by atoms with E-state index in [9.17, 15) is 4.79 Å². The molecule has 0 aliphatic heterocycles. The zero-order valence-corrected chi connectivity index (χ0v) is 8.05. The van der Waals surface area contributed by atoms with E-state index in [1.54, 1.807) is 28.7 Å². The summed E-state index contributed by atoms with van der Waals surface area (Å²) in [5.74, 6) is 0.0143. The first-order valence-electron chi connectivity index (χ1n) is 2.94. The Hall–Kier alpha value is -1.23. The van der Waals surface area contributed by atoms with Gasteiger partial charge in [0.25, 0.3) is 5.56 Å². The molecule has 1 rings (SSSR count). The van der Waals surface area contributed by atoms with Gasteiger partial charge in [-0.15, -0.1) is 0 Å². The normalized spacial score (nSPS) is 9.33. The van der Waals surface area contributed by atoms with Crippen molar-refractivity contribution in [2.75, 3.05) is 11.5 Å². The molecule has 1 aromatic rings. The highest BCUT2D eigenvalue weighted by Crippen LogP contribution is 2.18. The van der Waals surface area contributed by atoms with Crippen molar-refractivity contribution in [2.24, 2.45) is 0 Å². The van der Waals surface area contributed by atoms with Gasteiger partial charge in [0.2, 0.25) is 0 Å². The maximum Gasteiger partial charge on any atom is 0.265 e. The van der Waals surface area contributed by atoms with Crippen LogP contribution in [0.4, 0.5) is 11.5 Å². The molecule has 0 amide bonds. The molecule has 0 atom stereocenters. The van der Waals surface area contributed by atoms with E-state index in [-0.39, 0.29) is 22.6 Å². The summed E-state index contributed by atoms with van der Waals surface area (Å²) in [5, 5.41) is 8.58. The topological polar surface area (TPSA) is 109 Å². The van der Waals surface area contributed by atoms with Crippen LogP contribution in [0, 0.1) is 14.9 Å². The fraction of sp³-hybridized carbons (Fsp3) is 0. The van der Waals surface area contributed by atoms with Crippen LogP contribution in [0.5, 0.6) is 0 Å². The molecule has 6 heteroatoms. The van der Waals surface area contributed by atoms with Crippen LogP contribution in [0.2, 0.25) is 0 Å². The number of rotatable bonds is 0. The van der Waals surface area contributed by atoms with E-state index in [0.29, 0.717) is 3.57 Å². The monoisotopic (exact) mass is 276 g/mol.